The molecular formula is C11H14N4OS. The van der Waals surface area contributed by atoms with Gasteiger partial charge in [0.25, 0.3) is 0 Å². The van der Waals surface area contributed by atoms with Gasteiger partial charge < -0.3 is 11.1 Å². The van der Waals surface area contributed by atoms with Crippen LogP contribution in [0, 0.1) is 0 Å². The zero-order chi connectivity index (χ0) is 12.3. The average Bonchev–Trinajstić information content (AvgIpc) is 2.90. The highest BCUT2D eigenvalue weighted by Gasteiger charge is 2.07. The summed E-state index contributed by atoms with van der Waals surface area (Å²) in [5.41, 5.74) is 6.62. The van der Waals surface area contributed by atoms with Gasteiger partial charge in [0.05, 0.1) is 12.6 Å². The Kier molecular flexibility index (Phi) is 3.43. The molecule has 0 aliphatic carbocycles. The maximum Gasteiger partial charge on any atom is 0.225 e. The van der Waals surface area contributed by atoms with Crippen molar-refractivity contribution in [2.75, 3.05) is 5.73 Å². The minimum Gasteiger partial charge on any atom is -0.384 e. The van der Waals surface area contributed by atoms with Gasteiger partial charge in [-0.05, 0) is 11.4 Å². The number of rotatable bonds is 4. The highest BCUT2D eigenvalue weighted by molar-refractivity contribution is 7.10. The summed E-state index contributed by atoms with van der Waals surface area (Å²) in [7, 11) is 1.77. The van der Waals surface area contributed by atoms with Crippen molar-refractivity contribution in [3.63, 3.8) is 0 Å². The van der Waals surface area contributed by atoms with Gasteiger partial charge in [-0.25, -0.2) is 0 Å². The number of aromatic nitrogens is 2. The number of amides is 1. The van der Waals surface area contributed by atoms with E-state index < -0.39 is 0 Å². The fraction of sp³-hybridized carbons (Fsp3) is 0.273. The lowest BCUT2D eigenvalue weighted by Crippen LogP contribution is -2.24. The minimum absolute atomic E-state index is 0.00398. The van der Waals surface area contributed by atoms with E-state index in [1.807, 2.05) is 17.5 Å². The van der Waals surface area contributed by atoms with E-state index >= 15 is 0 Å². The van der Waals surface area contributed by atoms with Gasteiger partial charge in [-0.3, -0.25) is 9.48 Å². The van der Waals surface area contributed by atoms with Gasteiger partial charge in [0, 0.05) is 24.0 Å². The molecule has 0 aliphatic heterocycles. The van der Waals surface area contributed by atoms with Gasteiger partial charge in [-0.1, -0.05) is 6.07 Å². The van der Waals surface area contributed by atoms with Crippen molar-refractivity contribution in [1.29, 1.82) is 0 Å². The fourth-order valence-corrected chi connectivity index (χ4v) is 2.16. The maximum atomic E-state index is 11.6. The fourth-order valence-electron chi connectivity index (χ4n) is 1.46. The van der Waals surface area contributed by atoms with Crippen LogP contribution in [0.25, 0.3) is 0 Å². The van der Waals surface area contributed by atoms with Gasteiger partial charge in [0.2, 0.25) is 5.91 Å². The van der Waals surface area contributed by atoms with Crippen LogP contribution in [0.15, 0.2) is 23.7 Å². The normalized spacial score (nSPS) is 10.4. The van der Waals surface area contributed by atoms with E-state index in [0.29, 0.717) is 18.8 Å². The summed E-state index contributed by atoms with van der Waals surface area (Å²) in [5, 5.41) is 8.80. The first-order valence-electron chi connectivity index (χ1n) is 5.22. The number of nitrogens with one attached hydrogen (secondary N) is 1. The van der Waals surface area contributed by atoms with Crippen LogP contribution in [-0.2, 0) is 24.8 Å². The molecule has 0 aromatic carbocycles. The Morgan fingerprint density at radius 1 is 1.65 bits per heavy atom. The van der Waals surface area contributed by atoms with Gasteiger partial charge in [0.15, 0.2) is 0 Å². The maximum absolute atomic E-state index is 11.6. The molecule has 2 aromatic rings. The first kappa shape index (κ1) is 11.7. The van der Waals surface area contributed by atoms with Crippen molar-refractivity contribution in [2.45, 2.75) is 13.0 Å². The third-order valence-electron chi connectivity index (χ3n) is 2.46. The first-order valence-corrected chi connectivity index (χ1v) is 6.10. The lowest BCUT2D eigenvalue weighted by Gasteiger charge is -2.03. The molecule has 17 heavy (non-hydrogen) atoms. The van der Waals surface area contributed by atoms with Crippen LogP contribution in [-0.4, -0.2) is 15.7 Å². The van der Waals surface area contributed by atoms with Crippen LogP contribution < -0.4 is 11.1 Å². The van der Waals surface area contributed by atoms with Crippen LogP contribution in [0.1, 0.15) is 10.4 Å². The Balaban J connectivity index is 1.86. The molecule has 2 aromatic heterocycles. The molecule has 0 bridgehead atoms. The Hall–Kier alpha value is -1.82. The summed E-state index contributed by atoms with van der Waals surface area (Å²) in [4.78, 5) is 12.7. The van der Waals surface area contributed by atoms with E-state index in [0.717, 1.165) is 10.4 Å². The molecule has 0 aliphatic rings. The number of carbonyl (C=O) groups excluding carboxylic acids is 1. The summed E-state index contributed by atoms with van der Waals surface area (Å²) in [6.07, 6.45) is 2.08. The van der Waals surface area contributed by atoms with Gasteiger partial charge in [-0.2, -0.15) is 5.10 Å². The Morgan fingerprint density at radius 3 is 3.06 bits per heavy atom. The van der Waals surface area contributed by atoms with Gasteiger partial charge >= 0.3 is 0 Å². The monoisotopic (exact) mass is 250 g/mol. The second-order valence-corrected chi connectivity index (χ2v) is 4.74. The van der Waals surface area contributed by atoms with Gasteiger partial charge in [-0.15, -0.1) is 11.3 Å². The molecule has 0 spiro atoms. The number of hydrogen-bond acceptors (Lipinski definition) is 4. The second-order valence-electron chi connectivity index (χ2n) is 3.71. The smallest absolute Gasteiger partial charge is 0.225 e. The molecule has 2 rings (SSSR count). The van der Waals surface area contributed by atoms with Crippen molar-refractivity contribution >= 4 is 23.1 Å². The Bertz CT molecular complexity index is 504. The predicted molar refractivity (Wildman–Crippen MR) is 67.5 cm³/mol. The van der Waals surface area contributed by atoms with E-state index in [4.69, 9.17) is 5.73 Å². The third kappa shape index (κ3) is 2.85. The number of anilines is 1. The summed E-state index contributed by atoms with van der Waals surface area (Å²) in [5.74, 6) is 0.581. The summed E-state index contributed by atoms with van der Waals surface area (Å²) in [6, 6.07) is 3.88. The molecule has 0 unspecified atom stereocenters. The van der Waals surface area contributed by atoms with E-state index in [1.165, 1.54) is 0 Å². The van der Waals surface area contributed by atoms with E-state index in [-0.39, 0.29) is 5.91 Å². The van der Waals surface area contributed by atoms with Crippen LogP contribution in [0.5, 0.6) is 0 Å². The first-order chi connectivity index (χ1) is 8.16. The van der Waals surface area contributed by atoms with Crippen LogP contribution in [0.3, 0.4) is 0 Å². The number of nitrogens with two attached hydrogens (primary N) is 1. The number of aryl methyl sites for hydroxylation is 1. The number of hydrogen-bond donors (Lipinski definition) is 2. The number of nitrogens with zero attached hydrogens (tertiary/aromatic N) is 2. The SMILES string of the molecule is Cn1ncc(CNC(=O)Cc2cccs2)c1N. The highest BCUT2D eigenvalue weighted by atomic mass is 32.1. The summed E-state index contributed by atoms with van der Waals surface area (Å²) >= 11 is 1.58. The van der Waals surface area contributed by atoms with Crippen molar-refractivity contribution < 1.29 is 4.79 Å². The number of thiophene rings is 1. The van der Waals surface area contributed by atoms with E-state index in [1.54, 1.807) is 29.3 Å². The second kappa shape index (κ2) is 5.01. The molecule has 5 nitrogen and oxygen atoms in total. The van der Waals surface area contributed by atoms with Gasteiger partial charge in [0.1, 0.15) is 5.82 Å². The molecule has 3 N–H and O–H groups in total. The van der Waals surface area contributed by atoms with Crippen molar-refractivity contribution in [3.05, 3.63) is 34.2 Å². The third-order valence-corrected chi connectivity index (χ3v) is 3.33. The lowest BCUT2D eigenvalue weighted by molar-refractivity contribution is -0.120. The largest absolute Gasteiger partial charge is 0.384 e. The molecule has 0 radical (unpaired) electrons. The Labute approximate surface area is 103 Å². The molecule has 0 saturated heterocycles. The predicted octanol–water partition coefficient (Wildman–Crippen LogP) is 0.923. The minimum atomic E-state index is -0.00398. The molecule has 6 heteroatoms. The summed E-state index contributed by atoms with van der Waals surface area (Å²) in [6.45, 7) is 0.421. The molecule has 2 heterocycles. The van der Waals surface area contributed by atoms with Crippen molar-refractivity contribution in [3.8, 4) is 0 Å². The van der Waals surface area contributed by atoms with Crippen LogP contribution in [0.2, 0.25) is 0 Å². The lowest BCUT2D eigenvalue weighted by atomic mass is 10.3. The molecule has 90 valence electrons. The summed E-state index contributed by atoms with van der Waals surface area (Å²) < 4.78 is 1.58. The molecular weight excluding hydrogens is 236 g/mol. The molecule has 0 atom stereocenters. The molecule has 0 saturated carbocycles. The van der Waals surface area contributed by atoms with Crippen LogP contribution >= 0.6 is 11.3 Å². The van der Waals surface area contributed by atoms with Crippen molar-refractivity contribution in [1.82, 2.24) is 15.1 Å². The zero-order valence-electron chi connectivity index (χ0n) is 9.51. The standard InChI is InChI=1S/C11H14N4OS/c1-15-11(12)8(7-14-15)6-13-10(16)5-9-3-2-4-17-9/h2-4,7H,5-6,12H2,1H3,(H,13,16). The van der Waals surface area contributed by atoms with Crippen molar-refractivity contribution in [2.24, 2.45) is 7.05 Å². The zero-order valence-corrected chi connectivity index (χ0v) is 10.3. The van der Waals surface area contributed by atoms with E-state index in [9.17, 15) is 4.79 Å². The topological polar surface area (TPSA) is 72.9 Å². The molecule has 0 fully saturated rings. The number of nitrogen functional groups attached to an aromatic ring is 1. The van der Waals surface area contributed by atoms with E-state index in [2.05, 4.69) is 10.4 Å². The Morgan fingerprint density at radius 2 is 2.47 bits per heavy atom. The quantitative estimate of drug-likeness (QED) is 0.847. The number of carbonyl (C=O) groups is 1. The molecule has 1 amide bonds. The average molecular weight is 250 g/mol. The highest BCUT2D eigenvalue weighted by Crippen LogP contribution is 2.10. The van der Waals surface area contributed by atoms with Crippen LogP contribution in [0.4, 0.5) is 5.82 Å².